The van der Waals surface area contributed by atoms with E-state index in [2.05, 4.69) is 43.3 Å². The number of carbonyl (C=O) groups is 2. The van der Waals surface area contributed by atoms with Crippen LogP contribution in [-0.4, -0.2) is 54.4 Å². The zero-order chi connectivity index (χ0) is 23.0. The quantitative estimate of drug-likeness (QED) is 0.488. The molecule has 0 unspecified atom stereocenters. The number of hydrogen-bond acceptors (Lipinski definition) is 4. The maximum Gasteiger partial charge on any atom is 0.255 e. The summed E-state index contributed by atoms with van der Waals surface area (Å²) in [5, 5.41) is 2.97. The van der Waals surface area contributed by atoms with Gasteiger partial charge in [0.1, 0.15) is 5.82 Å². The first-order valence-corrected chi connectivity index (χ1v) is 12.0. The fourth-order valence-corrected chi connectivity index (χ4v) is 4.35. The van der Waals surface area contributed by atoms with Gasteiger partial charge in [-0.2, -0.15) is 0 Å². The predicted octanol–water partition coefficient (Wildman–Crippen LogP) is 4.17. The van der Waals surface area contributed by atoms with Gasteiger partial charge >= 0.3 is 0 Å². The van der Waals surface area contributed by atoms with Crippen LogP contribution in [0.2, 0.25) is 0 Å². The summed E-state index contributed by atoms with van der Waals surface area (Å²) in [6.45, 7) is 3.29. The molecule has 170 valence electrons. The van der Waals surface area contributed by atoms with Gasteiger partial charge in [-0.05, 0) is 58.6 Å². The van der Waals surface area contributed by atoms with Crippen molar-refractivity contribution in [2.75, 3.05) is 37.6 Å². The molecule has 1 aliphatic heterocycles. The molecule has 6 nitrogen and oxygen atoms in total. The first kappa shape index (κ1) is 23.0. The van der Waals surface area contributed by atoms with E-state index in [4.69, 9.17) is 0 Å². The fraction of sp³-hybridized carbons (Fsp3) is 0.269. The summed E-state index contributed by atoms with van der Waals surface area (Å²) >= 11 is 3.46. The van der Waals surface area contributed by atoms with Crippen LogP contribution >= 0.6 is 15.9 Å². The lowest BCUT2D eigenvalue weighted by atomic mass is 10.1. The highest BCUT2D eigenvalue weighted by Crippen LogP contribution is 2.20. The Bertz CT molecular complexity index is 1080. The highest BCUT2D eigenvalue weighted by Gasteiger charge is 2.24. The number of benzene rings is 2. The summed E-state index contributed by atoms with van der Waals surface area (Å²) < 4.78 is 0.813. The topological polar surface area (TPSA) is 65.5 Å². The Balaban J connectivity index is 1.24. The van der Waals surface area contributed by atoms with E-state index >= 15 is 0 Å². The summed E-state index contributed by atoms with van der Waals surface area (Å²) in [4.78, 5) is 33.7. The fourth-order valence-electron chi connectivity index (χ4n) is 3.89. The normalized spacial score (nSPS) is 13.6. The average Bonchev–Trinajstić information content (AvgIpc) is 2.87. The largest absolute Gasteiger partial charge is 0.353 e. The number of aromatic nitrogens is 1. The van der Waals surface area contributed by atoms with Crippen LogP contribution in [0.15, 0.2) is 77.4 Å². The molecule has 3 aromatic rings. The van der Waals surface area contributed by atoms with Gasteiger partial charge in [-0.15, -0.1) is 0 Å². The zero-order valence-electron chi connectivity index (χ0n) is 18.4. The lowest BCUT2D eigenvalue weighted by Gasteiger charge is -2.35. The third-order valence-corrected chi connectivity index (χ3v) is 6.47. The minimum atomic E-state index is -0.106. The Labute approximate surface area is 202 Å². The van der Waals surface area contributed by atoms with E-state index in [1.54, 1.807) is 6.20 Å². The van der Waals surface area contributed by atoms with E-state index in [1.807, 2.05) is 59.5 Å². The number of nitrogens with zero attached hydrogens (tertiary/aromatic N) is 3. The van der Waals surface area contributed by atoms with E-state index in [-0.39, 0.29) is 11.8 Å². The number of piperazine rings is 1. The van der Waals surface area contributed by atoms with Gasteiger partial charge in [-0.3, -0.25) is 9.59 Å². The van der Waals surface area contributed by atoms with Gasteiger partial charge in [-0.25, -0.2) is 4.98 Å². The molecule has 0 spiro atoms. The van der Waals surface area contributed by atoms with Gasteiger partial charge in [0.15, 0.2) is 0 Å². The number of pyridine rings is 1. The molecule has 2 aromatic carbocycles. The molecule has 33 heavy (non-hydrogen) atoms. The standard InChI is InChI=1S/C26H27BrN4O2/c27-23-11-5-4-10-22(23)26(33)31-17-15-30(16-18-31)24-13-12-21(19-29-24)25(32)28-14-6-9-20-7-2-1-3-8-20/h1-5,7-8,10-13,19H,6,9,14-18H2,(H,28,32). The zero-order valence-corrected chi connectivity index (χ0v) is 20.0. The highest BCUT2D eigenvalue weighted by atomic mass is 79.9. The Morgan fingerprint density at radius 1 is 0.909 bits per heavy atom. The molecule has 1 N–H and O–H groups in total. The van der Waals surface area contributed by atoms with Crippen LogP contribution in [0, 0.1) is 0 Å². The number of rotatable bonds is 7. The van der Waals surface area contributed by atoms with E-state index in [0.29, 0.717) is 43.9 Å². The van der Waals surface area contributed by atoms with Gasteiger partial charge in [0.2, 0.25) is 0 Å². The molecule has 7 heteroatoms. The number of nitrogens with one attached hydrogen (secondary N) is 1. The summed E-state index contributed by atoms with van der Waals surface area (Å²) in [6, 6.07) is 21.4. The maximum atomic E-state index is 12.8. The molecule has 1 aliphatic rings. The molecule has 4 rings (SSSR count). The van der Waals surface area contributed by atoms with E-state index in [0.717, 1.165) is 23.1 Å². The molecule has 0 atom stereocenters. The predicted molar refractivity (Wildman–Crippen MR) is 134 cm³/mol. The lowest BCUT2D eigenvalue weighted by molar-refractivity contribution is 0.0745. The third kappa shape index (κ3) is 5.99. The average molecular weight is 507 g/mol. The van der Waals surface area contributed by atoms with Crippen molar-refractivity contribution < 1.29 is 9.59 Å². The van der Waals surface area contributed by atoms with E-state index in [9.17, 15) is 9.59 Å². The SMILES string of the molecule is O=C(NCCCc1ccccc1)c1ccc(N2CCN(C(=O)c3ccccc3Br)CC2)nc1. The Morgan fingerprint density at radius 3 is 2.33 bits per heavy atom. The van der Waals surface area contributed by atoms with Crippen molar-refractivity contribution in [1.82, 2.24) is 15.2 Å². The van der Waals surface area contributed by atoms with Gasteiger partial charge < -0.3 is 15.1 Å². The minimum absolute atomic E-state index is 0.0365. The van der Waals surface area contributed by atoms with E-state index < -0.39 is 0 Å². The summed E-state index contributed by atoms with van der Waals surface area (Å²) in [5.41, 5.74) is 2.51. The number of aryl methyl sites for hydroxylation is 1. The number of anilines is 1. The molecule has 0 saturated carbocycles. The molecule has 1 aromatic heterocycles. The maximum absolute atomic E-state index is 12.8. The van der Waals surface area contributed by atoms with Crippen molar-refractivity contribution in [1.29, 1.82) is 0 Å². The van der Waals surface area contributed by atoms with Crippen molar-refractivity contribution in [2.45, 2.75) is 12.8 Å². The molecule has 0 radical (unpaired) electrons. The molecule has 0 aliphatic carbocycles. The number of halogens is 1. The van der Waals surface area contributed by atoms with Crippen LogP contribution in [-0.2, 0) is 6.42 Å². The van der Waals surface area contributed by atoms with Crippen LogP contribution in [0.1, 0.15) is 32.7 Å². The molecule has 1 saturated heterocycles. The Morgan fingerprint density at radius 2 is 1.64 bits per heavy atom. The smallest absolute Gasteiger partial charge is 0.255 e. The van der Waals surface area contributed by atoms with Gasteiger partial charge in [0.05, 0.1) is 11.1 Å². The first-order valence-electron chi connectivity index (χ1n) is 11.2. The molecule has 2 amide bonds. The van der Waals surface area contributed by atoms with Crippen molar-refractivity contribution in [3.63, 3.8) is 0 Å². The Hall–Kier alpha value is -3.19. The first-order chi connectivity index (χ1) is 16.1. The molecule has 0 bridgehead atoms. The Kier molecular flexibility index (Phi) is 7.73. The third-order valence-electron chi connectivity index (χ3n) is 5.78. The van der Waals surface area contributed by atoms with Crippen LogP contribution in [0.5, 0.6) is 0 Å². The van der Waals surface area contributed by atoms with Crippen molar-refractivity contribution in [2.24, 2.45) is 0 Å². The van der Waals surface area contributed by atoms with Crippen molar-refractivity contribution >= 4 is 33.6 Å². The second kappa shape index (κ2) is 11.1. The van der Waals surface area contributed by atoms with Crippen LogP contribution < -0.4 is 10.2 Å². The summed E-state index contributed by atoms with van der Waals surface area (Å²) in [5.74, 6) is 0.754. The molecule has 1 fully saturated rings. The van der Waals surface area contributed by atoms with Crippen molar-refractivity contribution in [3.8, 4) is 0 Å². The van der Waals surface area contributed by atoms with Gasteiger partial charge in [-0.1, -0.05) is 42.5 Å². The lowest BCUT2D eigenvalue weighted by Crippen LogP contribution is -2.49. The highest BCUT2D eigenvalue weighted by molar-refractivity contribution is 9.10. The van der Waals surface area contributed by atoms with Crippen LogP contribution in [0.25, 0.3) is 0 Å². The van der Waals surface area contributed by atoms with Gasteiger partial charge in [0, 0.05) is 43.4 Å². The minimum Gasteiger partial charge on any atom is -0.353 e. The number of hydrogen-bond donors (Lipinski definition) is 1. The van der Waals surface area contributed by atoms with Crippen LogP contribution in [0.3, 0.4) is 0 Å². The number of carbonyl (C=O) groups excluding carboxylic acids is 2. The molecular weight excluding hydrogens is 480 g/mol. The van der Waals surface area contributed by atoms with E-state index in [1.165, 1.54) is 5.56 Å². The molecule has 2 heterocycles. The monoisotopic (exact) mass is 506 g/mol. The molecular formula is C26H27BrN4O2. The second-order valence-corrected chi connectivity index (χ2v) is 8.86. The second-order valence-electron chi connectivity index (χ2n) is 8.01. The van der Waals surface area contributed by atoms with Crippen molar-refractivity contribution in [3.05, 3.63) is 94.1 Å². The van der Waals surface area contributed by atoms with Crippen LogP contribution in [0.4, 0.5) is 5.82 Å². The van der Waals surface area contributed by atoms with Gasteiger partial charge in [0.25, 0.3) is 11.8 Å². The summed E-state index contributed by atoms with van der Waals surface area (Å²) in [6.07, 6.45) is 3.46. The summed E-state index contributed by atoms with van der Waals surface area (Å²) in [7, 11) is 0. The number of amides is 2.